The first-order valence-corrected chi connectivity index (χ1v) is 4.38. The number of aliphatic hydroxyl groups is 4. The highest BCUT2D eigenvalue weighted by Crippen LogP contribution is 2.22. The summed E-state index contributed by atoms with van der Waals surface area (Å²) in [5.41, 5.74) is 0. The highest BCUT2D eigenvalue weighted by molar-refractivity contribution is 4.86. The summed E-state index contributed by atoms with van der Waals surface area (Å²) in [5.74, 6) is 0. The molecule has 0 aliphatic carbocycles. The third kappa shape index (κ3) is 1.84. The van der Waals surface area contributed by atoms with Crippen LogP contribution in [-0.2, 0) is 0 Å². The predicted octanol–water partition coefficient (Wildman–Crippen LogP) is -2.48. The van der Waals surface area contributed by atoms with Gasteiger partial charge in [-0.05, 0) is 0 Å². The maximum Gasteiger partial charge on any atom is 0.141 e. The van der Waals surface area contributed by atoms with Crippen molar-refractivity contribution in [1.29, 1.82) is 0 Å². The standard InChI is InChI=1S/C8H18NO4/c1-9(2)3-6(11)8(13)7(12)5(9)4-10/h5-8,10-13H,3-4H2,1-2H3/q+1/t5-,6+,7+,8-/m1/s1. The lowest BCUT2D eigenvalue weighted by molar-refractivity contribution is -0.929. The molecule has 4 N–H and O–H groups in total. The van der Waals surface area contributed by atoms with Crippen LogP contribution in [0.2, 0.25) is 0 Å². The van der Waals surface area contributed by atoms with Crippen molar-refractivity contribution in [3.8, 4) is 0 Å². The van der Waals surface area contributed by atoms with Gasteiger partial charge in [-0.1, -0.05) is 0 Å². The number of aliphatic hydroxyl groups excluding tert-OH is 4. The fourth-order valence-corrected chi connectivity index (χ4v) is 1.92. The van der Waals surface area contributed by atoms with E-state index in [0.29, 0.717) is 11.0 Å². The zero-order valence-corrected chi connectivity index (χ0v) is 7.96. The van der Waals surface area contributed by atoms with Gasteiger partial charge in [-0.3, -0.25) is 0 Å². The van der Waals surface area contributed by atoms with Crippen LogP contribution in [0.5, 0.6) is 0 Å². The van der Waals surface area contributed by atoms with Crippen molar-refractivity contribution in [3.05, 3.63) is 0 Å². The minimum atomic E-state index is -1.15. The summed E-state index contributed by atoms with van der Waals surface area (Å²) in [4.78, 5) is 0. The molecule has 5 nitrogen and oxygen atoms in total. The zero-order valence-electron chi connectivity index (χ0n) is 7.96. The molecule has 0 spiro atoms. The van der Waals surface area contributed by atoms with Crippen molar-refractivity contribution in [2.24, 2.45) is 0 Å². The van der Waals surface area contributed by atoms with Gasteiger partial charge < -0.3 is 24.9 Å². The number of likely N-dealkylation sites (tertiary alicyclic amines) is 1. The largest absolute Gasteiger partial charge is 0.390 e. The van der Waals surface area contributed by atoms with E-state index in [0.717, 1.165) is 0 Å². The molecule has 0 amide bonds. The smallest absolute Gasteiger partial charge is 0.141 e. The maximum atomic E-state index is 9.56. The second-order valence-corrected chi connectivity index (χ2v) is 4.26. The summed E-state index contributed by atoms with van der Waals surface area (Å²) in [7, 11) is 3.61. The highest BCUT2D eigenvalue weighted by atomic mass is 16.4. The Kier molecular flexibility index (Phi) is 2.94. The second-order valence-electron chi connectivity index (χ2n) is 4.26. The predicted molar refractivity (Wildman–Crippen MR) is 45.9 cm³/mol. The van der Waals surface area contributed by atoms with Crippen LogP contribution in [-0.4, -0.2) is 76.5 Å². The van der Waals surface area contributed by atoms with E-state index in [9.17, 15) is 15.3 Å². The van der Waals surface area contributed by atoms with Gasteiger partial charge in [0.05, 0.1) is 20.7 Å². The quantitative estimate of drug-likeness (QED) is 0.347. The van der Waals surface area contributed by atoms with Gasteiger partial charge >= 0.3 is 0 Å². The van der Waals surface area contributed by atoms with Gasteiger partial charge in [0.2, 0.25) is 0 Å². The molecular weight excluding hydrogens is 174 g/mol. The van der Waals surface area contributed by atoms with E-state index in [-0.39, 0.29) is 6.61 Å². The molecule has 1 heterocycles. The van der Waals surface area contributed by atoms with E-state index in [1.165, 1.54) is 0 Å². The molecule has 0 saturated carbocycles. The zero-order chi connectivity index (χ0) is 10.2. The number of rotatable bonds is 1. The molecule has 78 valence electrons. The Labute approximate surface area is 77.4 Å². The molecule has 1 saturated heterocycles. The molecule has 0 aromatic rings. The Bertz CT molecular complexity index is 185. The summed E-state index contributed by atoms with van der Waals surface area (Å²) in [6.07, 6.45) is -3.14. The second kappa shape index (κ2) is 3.51. The molecule has 0 aromatic carbocycles. The van der Waals surface area contributed by atoms with Crippen LogP contribution in [0.3, 0.4) is 0 Å². The Balaban J connectivity index is 2.82. The Morgan fingerprint density at radius 1 is 1.15 bits per heavy atom. The number of quaternary nitrogens is 1. The van der Waals surface area contributed by atoms with Gasteiger partial charge in [-0.15, -0.1) is 0 Å². The van der Waals surface area contributed by atoms with Crippen molar-refractivity contribution in [2.45, 2.75) is 24.4 Å². The van der Waals surface area contributed by atoms with E-state index in [1.54, 1.807) is 14.1 Å². The summed E-state index contributed by atoms with van der Waals surface area (Å²) in [6.45, 7) is 0.140. The van der Waals surface area contributed by atoms with Crippen LogP contribution in [0.4, 0.5) is 0 Å². The van der Waals surface area contributed by atoms with Crippen LogP contribution >= 0.6 is 0 Å². The molecule has 5 heteroatoms. The SMILES string of the molecule is C[N+]1(C)C[C@H](O)[C@@H](O)[C@@H](O)[C@H]1CO. The Morgan fingerprint density at radius 2 is 1.69 bits per heavy atom. The first-order chi connectivity index (χ1) is 5.90. The Morgan fingerprint density at radius 3 is 2.15 bits per heavy atom. The van der Waals surface area contributed by atoms with Crippen molar-refractivity contribution >= 4 is 0 Å². The van der Waals surface area contributed by atoms with E-state index in [4.69, 9.17) is 5.11 Å². The van der Waals surface area contributed by atoms with Crippen LogP contribution in [0.1, 0.15) is 0 Å². The van der Waals surface area contributed by atoms with E-state index >= 15 is 0 Å². The molecule has 0 unspecified atom stereocenters. The molecule has 1 fully saturated rings. The van der Waals surface area contributed by atoms with E-state index in [2.05, 4.69) is 0 Å². The summed E-state index contributed by atoms with van der Waals surface area (Å²) >= 11 is 0. The molecule has 0 bridgehead atoms. The minimum absolute atomic E-state index is 0.196. The molecule has 13 heavy (non-hydrogen) atoms. The van der Waals surface area contributed by atoms with Crippen LogP contribution in [0.15, 0.2) is 0 Å². The molecule has 4 atom stereocenters. The fraction of sp³-hybridized carbons (Fsp3) is 1.00. The number of piperidine rings is 1. The third-order valence-electron chi connectivity index (χ3n) is 2.88. The topological polar surface area (TPSA) is 80.9 Å². The lowest BCUT2D eigenvalue weighted by Crippen LogP contribution is -2.69. The van der Waals surface area contributed by atoms with Gasteiger partial charge in [-0.2, -0.15) is 0 Å². The summed E-state index contributed by atoms with van der Waals surface area (Å²) < 4.78 is 0.315. The number of nitrogens with zero attached hydrogens (tertiary/aromatic N) is 1. The summed E-state index contributed by atoms with van der Waals surface area (Å²) in [5, 5.41) is 37.3. The Hall–Kier alpha value is -0.200. The molecule has 0 aromatic heterocycles. The van der Waals surface area contributed by atoms with Gasteiger partial charge in [0.25, 0.3) is 0 Å². The van der Waals surface area contributed by atoms with Crippen molar-refractivity contribution in [1.82, 2.24) is 0 Å². The van der Waals surface area contributed by atoms with Crippen LogP contribution in [0, 0.1) is 0 Å². The third-order valence-corrected chi connectivity index (χ3v) is 2.88. The molecule has 1 aliphatic heterocycles. The number of hydrogen-bond donors (Lipinski definition) is 4. The number of likely N-dealkylation sites (N-methyl/N-ethyl adjacent to an activating group) is 1. The van der Waals surface area contributed by atoms with Gasteiger partial charge in [0, 0.05) is 0 Å². The minimum Gasteiger partial charge on any atom is -0.390 e. The molecular formula is C8H18NO4+. The van der Waals surface area contributed by atoms with Gasteiger partial charge in [0.15, 0.2) is 0 Å². The monoisotopic (exact) mass is 192 g/mol. The highest BCUT2D eigenvalue weighted by Gasteiger charge is 2.47. The number of hydrogen-bond acceptors (Lipinski definition) is 4. The van der Waals surface area contributed by atoms with Crippen molar-refractivity contribution in [2.75, 3.05) is 27.2 Å². The van der Waals surface area contributed by atoms with E-state index < -0.39 is 24.4 Å². The normalized spacial score (nSPS) is 44.8. The van der Waals surface area contributed by atoms with Crippen molar-refractivity contribution in [3.63, 3.8) is 0 Å². The van der Waals surface area contributed by atoms with Gasteiger partial charge in [-0.25, -0.2) is 0 Å². The molecule has 1 rings (SSSR count). The average molecular weight is 192 g/mol. The average Bonchev–Trinajstić information content (AvgIpc) is 2.00. The first kappa shape index (κ1) is 10.9. The van der Waals surface area contributed by atoms with E-state index in [1.807, 2.05) is 0 Å². The maximum absolute atomic E-state index is 9.56. The molecule has 1 aliphatic rings. The van der Waals surface area contributed by atoms with Crippen LogP contribution in [0.25, 0.3) is 0 Å². The lowest BCUT2D eigenvalue weighted by Gasteiger charge is -2.47. The van der Waals surface area contributed by atoms with Crippen LogP contribution < -0.4 is 0 Å². The van der Waals surface area contributed by atoms with Gasteiger partial charge in [0.1, 0.15) is 30.9 Å². The first-order valence-electron chi connectivity index (χ1n) is 4.38. The fourth-order valence-electron chi connectivity index (χ4n) is 1.92. The van der Waals surface area contributed by atoms with Crippen molar-refractivity contribution < 1.29 is 24.9 Å². The lowest BCUT2D eigenvalue weighted by atomic mass is 9.93. The molecule has 0 radical (unpaired) electrons. The summed E-state index contributed by atoms with van der Waals surface area (Å²) in [6, 6.07) is -0.432.